The van der Waals surface area contributed by atoms with Crippen molar-refractivity contribution in [3.63, 3.8) is 0 Å². The number of hydrogen-bond donors (Lipinski definition) is 0. The van der Waals surface area contributed by atoms with Crippen molar-refractivity contribution in [1.29, 1.82) is 0 Å². The third kappa shape index (κ3) is 4.24. The maximum Gasteiger partial charge on any atom is 0.283 e. The van der Waals surface area contributed by atoms with Crippen molar-refractivity contribution in [3.05, 3.63) is 63.1 Å². The Hall–Kier alpha value is -1.50. The molecule has 0 spiro atoms. The molecule has 0 aromatic heterocycles. The van der Waals surface area contributed by atoms with Gasteiger partial charge in [-0.05, 0) is 49.1 Å². The maximum atomic E-state index is 14.6. The van der Waals surface area contributed by atoms with Crippen molar-refractivity contribution in [1.82, 2.24) is 4.90 Å². The average Bonchev–Trinajstić information content (AvgIpc) is 2.63. The molecule has 0 unspecified atom stereocenters. The quantitative estimate of drug-likeness (QED) is 0.585. The van der Waals surface area contributed by atoms with E-state index in [0.29, 0.717) is 5.75 Å². The smallest absolute Gasteiger partial charge is 0.283 e. The molecule has 3 rings (SSSR count). The fourth-order valence-electron chi connectivity index (χ4n) is 4.13. The van der Waals surface area contributed by atoms with E-state index in [1.807, 2.05) is 42.2 Å². The van der Waals surface area contributed by atoms with E-state index in [9.17, 15) is 8.78 Å². The fraction of sp³-hybridized carbons (Fsp3) is 0.455. The van der Waals surface area contributed by atoms with Gasteiger partial charge in [0.25, 0.3) is 5.92 Å². The first kappa shape index (κ1) is 21.2. The highest BCUT2D eigenvalue weighted by atomic mass is 79.9. The lowest BCUT2D eigenvalue weighted by Crippen LogP contribution is -2.49. The van der Waals surface area contributed by atoms with E-state index in [1.54, 1.807) is 7.11 Å². The predicted molar refractivity (Wildman–Crippen MR) is 110 cm³/mol. The number of nitrogens with zero attached hydrogens (tertiary/aromatic N) is 1. The van der Waals surface area contributed by atoms with Crippen LogP contribution in [0.15, 0.2) is 40.9 Å². The zero-order chi connectivity index (χ0) is 20.5. The third-order valence-corrected chi connectivity index (χ3v) is 5.89. The lowest BCUT2D eigenvalue weighted by molar-refractivity contribution is -0.0962. The van der Waals surface area contributed by atoms with Crippen LogP contribution in [0, 0.1) is 6.92 Å². The SMILES string of the molecule is COCC(F)(F)CN1[C@H](c2ccc(Br)cc2OC)c2cccc(C)c2C[C@H]1C. The number of aryl methyl sites for hydroxylation is 1. The van der Waals surface area contributed by atoms with Gasteiger partial charge in [0.1, 0.15) is 12.4 Å². The van der Waals surface area contributed by atoms with Crippen LogP contribution in [0.3, 0.4) is 0 Å². The van der Waals surface area contributed by atoms with Crippen molar-refractivity contribution in [2.24, 2.45) is 0 Å². The van der Waals surface area contributed by atoms with Crippen molar-refractivity contribution in [3.8, 4) is 5.75 Å². The molecule has 0 saturated heterocycles. The average molecular weight is 454 g/mol. The van der Waals surface area contributed by atoms with Crippen molar-refractivity contribution in [2.75, 3.05) is 27.4 Å². The highest BCUT2D eigenvalue weighted by molar-refractivity contribution is 9.10. The molecule has 2 aromatic carbocycles. The Morgan fingerprint density at radius 2 is 1.93 bits per heavy atom. The lowest BCUT2D eigenvalue weighted by atomic mass is 9.82. The Bertz CT molecular complexity index is 843. The second-order valence-electron chi connectivity index (χ2n) is 7.45. The van der Waals surface area contributed by atoms with Crippen LogP contribution in [0.5, 0.6) is 5.75 Å². The zero-order valence-corrected chi connectivity index (χ0v) is 18.2. The van der Waals surface area contributed by atoms with Gasteiger partial charge in [0.2, 0.25) is 0 Å². The number of halogens is 3. The van der Waals surface area contributed by atoms with Crippen molar-refractivity contribution >= 4 is 15.9 Å². The third-order valence-electron chi connectivity index (χ3n) is 5.40. The molecule has 1 aliphatic rings. The van der Waals surface area contributed by atoms with Gasteiger partial charge in [-0.1, -0.05) is 40.2 Å². The minimum atomic E-state index is -2.94. The Morgan fingerprint density at radius 1 is 1.18 bits per heavy atom. The van der Waals surface area contributed by atoms with Crippen LogP contribution in [0.25, 0.3) is 0 Å². The normalized spacial score (nSPS) is 20.1. The molecule has 3 nitrogen and oxygen atoms in total. The molecule has 1 heterocycles. The molecule has 0 fully saturated rings. The highest BCUT2D eigenvalue weighted by Crippen LogP contribution is 2.43. The van der Waals surface area contributed by atoms with Gasteiger partial charge in [0.15, 0.2) is 0 Å². The summed E-state index contributed by atoms with van der Waals surface area (Å²) in [4.78, 5) is 1.88. The molecule has 6 heteroatoms. The maximum absolute atomic E-state index is 14.6. The largest absolute Gasteiger partial charge is 0.496 e. The summed E-state index contributed by atoms with van der Waals surface area (Å²) in [5.41, 5.74) is 4.37. The number of alkyl halides is 2. The predicted octanol–water partition coefficient (Wildman–Crippen LogP) is 5.38. The number of rotatable bonds is 6. The first-order valence-electron chi connectivity index (χ1n) is 9.31. The number of fused-ring (bicyclic) bond motifs is 1. The number of hydrogen-bond acceptors (Lipinski definition) is 3. The Kier molecular flexibility index (Phi) is 6.42. The Labute approximate surface area is 173 Å². The molecule has 0 aliphatic carbocycles. The minimum absolute atomic E-state index is 0.0466. The zero-order valence-electron chi connectivity index (χ0n) is 16.6. The van der Waals surface area contributed by atoms with Gasteiger partial charge in [-0.3, -0.25) is 4.90 Å². The summed E-state index contributed by atoms with van der Waals surface area (Å²) in [6.07, 6.45) is 0.737. The summed E-state index contributed by atoms with van der Waals surface area (Å²) < 4.78 is 40.4. The monoisotopic (exact) mass is 453 g/mol. The van der Waals surface area contributed by atoms with E-state index in [1.165, 1.54) is 18.2 Å². The van der Waals surface area contributed by atoms with E-state index in [2.05, 4.69) is 28.9 Å². The van der Waals surface area contributed by atoms with Crippen LogP contribution < -0.4 is 4.74 Å². The summed E-state index contributed by atoms with van der Waals surface area (Å²) in [6, 6.07) is 11.5. The van der Waals surface area contributed by atoms with Gasteiger partial charge in [0.05, 0.1) is 19.7 Å². The van der Waals surface area contributed by atoms with Crippen LogP contribution in [0.2, 0.25) is 0 Å². The summed E-state index contributed by atoms with van der Waals surface area (Å²) in [5.74, 6) is -2.26. The molecular weight excluding hydrogens is 428 g/mol. The molecule has 0 saturated carbocycles. The van der Waals surface area contributed by atoms with Gasteiger partial charge in [-0.2, -0.15) is 0 Å². The summed E-state index contributed by atoms with van der Waals surface area (Å²) in [7, 11) is 2.92. The van der Waals surface area contributed by atoms with E-state index >= 15 is 0 Å². The van der Waals surface area contributed by atoms with Crippen LogP contribution >= 0.6 is 15.9 Å². The minimum Gasteiger partial charge on any atom is -0.496 e. The summed E-state index contributed by atoms with van der Waals surface area (Å²) >= 11 is 3.47. The fourth-order valence-corrected chi connectivity index (χ4v) is 4.47. The van der Waals surface area contributed by atoms with Crippen molar-refractivity contribution < 1.29 is 18.3 Å². The molecule has 0 bridgehead atoms. The number of ether oxygens (including phenoxy) is 2. The second kappa shape index (κ2) is 8.47. The van der Waals surface area contributed by atoms with Crippen LogP contribution in [0.1, 0.15) is 35.2 Å². The molecular formula is C22H26BrF2NO2. The Morgan fingerprint density at radius 3 is 2.61 bits per heavy atom. The topological polar surface area (TPSA) is 21.7 Å². The molecule has 0 radical (unpaired) electrons. The van der Waals surface area contributed by atoms with Gasteiger partial charge in [-0.15, -0.1) is 0 Å². The van der Waals surface area contributed by atoms with E-state index < -0.39 is 12.5 Å². The molecule has 152 valence electrons. The van der Waals surface area contributed by atoms with Gasteiger partial charge in [0, 0.05) is 23.2 Å². The van der Waals surface area contributed by atoms with E-state index in [0.717, 1.165) is 22.0 Å². The summed E-state index contributed by atoms with van der Waals surface area (Å²) in [6.45, 7) is 3.12. The van der Waals surface area contributed by atoms with Gasteiger partial charge < -0.3 is 9.47 Å². The summed E-state index contributed by atoms with van der Waals surface area (Å²) in [5, 5.41) is 0. The number of benzene rings is 2. The lowest BCUT2D eigenvalue weighted by Gasteiger charge is -2.44. The van der Waals surface area contributed by atoms with E-state index in [4.69, 9.17) is 9.47 Å². The van der Waals surface area contributed by atoms with Crippen LogP contribution in [-0.4, -0.2) is 44.2 Å². The van der Waals surface area contributed by atoms with Gasteiger partial charge in [-0.25, -0.2) is 8.78 Å². The highest BCUT2D eigenvalue weighted by Gasteiger charge is 2.41. The van der Waals surface area contributed by atoms with E-state index in [-0.39, 0.29) is 18.6 Å². The molecule has 2 aromatic rings. The van der Waals surface area contributed by atoms with Gasteiger partial charge >= 0.3 is 0 Å². The first-order chi connectivity index (χ1) is 13.3. The molecule has 2 atom stereocenters. The first-order valence-corrected chi connectivity index (χ1v) is 10.1. The molecule has 0 amide bonds. The van der Waals surface area contributed by atoms with Crippen LogP contribution in [0.4, 0.5) is 8.78 Å². The van der Waals surface area contributed by atoms with Crippen LogP contribution in [-0.2, 0) is 11.2 Å². The van der Waals surface area contributed by atoms with Crippen molar-refractivity contribution in [2.45, 2.75) is 38.3 Å². The number of methoxy groups -OCH3 is 2. The molecule has 0 N–H and O–H groups in total. The molecule has 28 heavy (non-hydrogen) atoms. The molecule has 1 aliphatic heterocycles. The Balaban J connectivity index is 2.16. The standard InChI is InChI=1S/C22H26BrF2NO2/c1-14-6-5-7-17-19(14)10-15(2)26(12-22(24,25)13-27-3)21(17)18-9-8-16(23)11-20(18)28-4/h5-9,11,15,21H,10,12-13H2,1-4H3/t15-,21+/m1/s1. The second-order valence-corrected chi connectivity index (χ2v) is 8.36.